The molecule has 1 aromatic carbocycles. The SMILES string of the molecule is O=C(Cc1ccsc1)Nc1ccccc1OC(F)F. The minimum atomic E-state index is -2.92. The number of anilines is 1. The molecule has 100 valence electrons. The van der Waals surface area contributed by atoms with Gasteiger partial charge in [0.05, 0.1) is 12.1 Å². The van der Waals surface area contributed by atoms with Gasteiger partial charge in [-0.1, -0.05) is 12.1 Å². The summed E-state index contributed by atoms with van der Waals surface area (Å²) in [5.74, 6) is -0.320. The topological polar surface area (TPSA) is 38.3 Å². The van der Waals surface area contributed by atoms with Gasteiger partial charge in [-0.3, -0.25) is 4.79 Å². The van der Waals surface area contributed by atoms with E-state index >= 15 is 0 Å². The molecule has 2 aromatic rings. The van der Waals surface area contributed by atoms with Crippen LogP contribution in [0.4, 0.5) is 14.5 Å². The van der Waals surface area contributed by atoms with Crippen molar-refractivity contribution in [1.82, 2.24) is 0 Å². The molecule has 2 rings (SSSR count). The van der Waals surface area contributed by atoms with Gasteiger partial charge in [-0.15, -0.1) is 0 Å². The molecule has 1 heterocycles. The first-order chi connectivity index (χ1) is 9.15. The molecule has 0 saturated carbocycles. The van der Waals surface area contributed by atoms with E-state index in [0.29, 0.717) is 0 Å². The number of ether oxygens (including phenoxy) is 1. The van der Waals surface area contributed by atoms with Crippen molar-refractivity contribution in [1.29, 1.82) is 0 Å². The maximum Gasteiger partial charge on any atom is 0.387 e. The fourth-order valence-corrected chi connectivity index (χ4v) is 2.21. The number of carbonyl (C=O) groups excluding carboxylic acids is 1. The van der Waals surface area contributed by atoms with E-state index in [1.807, 2.05) is 16.8 Å². The zero-order valence-corrected chi connectivity index (χ0v) is 10.6. The number of thiophene rings is 1. The van der Waals surface area contributed by atoms with Gasteiger partial charge in [0.2, 0.25) is 5.91 Å². The molecular weight excluding hydrogens is 272 g/mol. The van der Waals surface area contributed by atoms with Gasteiger partial charge in [0.15, 0.2) is 0 Å². The maximum atomic E-state index is 12.2. The second-order valence-electron chi connectivity index (χ2n) is 3.73. The molecule has 0 aliphatic carbocycles. The molecule has 1 aromatic heterocycles. The number of halogens is 2. The highest BCUT2D eigenvalue weighted by molar-refractivity contribution is 7.08. The van der Waals surface area contributed by atoms with E-state index in [-0.39, 0.29) is 23.8 Å². The minimum absolute atomic E-state index is 0.0452. The van der Waals surface area contributed by atoms with Crippen LogP contribution in [0.3, 0.4) is 0 Å². The third-order valence-electron chi connectivity index (χ3n) is 2.32. The zero-order valence-electron chi connectivity index (χ0n) is 9.81. The summed E-state index contributed by atoms with van der Waals surface area (Å²) in [5, 5.41) is 6.30. The summed E-state index contributed by atoms with van der Waals surface area (Å²) in [7, 11) is 0. The zero-order chi connectivity index (χ0) is 13.7. The number of amides is 1. The van der Waals surface area contributed by atoms with Gasteiger partial charge in [0.25, 0.3) is 0 Å². The normalized spacial score (nSPS) is 10.5. The van der Waals surface area contributed by atoms with E-state index < -0.39 is 6.61 Å². The number of alkyl halides is 2. The summed E-state index contributed by atoms with van der Waals surface area (Å²) in [4.78, 5) is 11.8. The number of hydrogen-bond donors (Lipinski definition) is 1. The van der Waals surface area contributed by atoms with E-state index in [1.54, 1.807) is 12.1 Å². The van der Waals surface area contributed by atoms with Crippen molar-refractivity contribution in [2.75, 3.05) is 5.32 Å². The second-order valence-corrected chi connectivity index (χ2v) is 4.51. The van der Waals surface area contributed by atoms with Crippen molar-refractivity contribution in [3.8, 4) is 5.75 Å². The van der Waals surface area contributed by atoms with Crippen molar-refractivity contribution in [3.05, 3.63) is 46.7 Å². The molecule has 0 unspecified atom stereocenters. The largest absolute Gasteiger partial charge is 0.433 e. The number of carbonyl (C=O) groups is 1. The Morgan fingerprint density at radius 3 is 2.79 bits per heavy atom. The van der Waals surface area contributed by atoms with Crippen LogP contribution >= 0.6 is 11.3 Å². The minimum Gasteiger partial charge on any atom is -0.433 e. The molecule has 0 bridgehead atoms. The number of benzene rings is 1. The number of rotatable bonds is 5. The van der Waals surface area contributed by atoms with Crippen LogP contribution in [0.5, 0.6) is 5.75 Å². The Hall–Kier alpha value is -1.95. The predicted octanol–water partition coefficient (Wildman–Crippen LogP) is 3.53. The summed E-state index contributed by atoms with van der Waals surface area (Å²) in [6, 6.07) is 7.94. The molecule has 0 saturated heterocycles. The lowest BCUT2D eigenvalue weighted by molar-refractivity contribution is -0.115. The van der Waals surface area contributed by atoms with E-state index in [0.717, 1.165) is 5.56 Å². The summed E-state index contributed by atoms with van der Waals surface area (Å²) in [6.45, 7) is -2.92. The van der Waals surface area contributed by atoms with Crippen molar-refractivity contribution in [3.63, 3.8) is 0 Å². The van der Waals surface area contributed by atoms with Gasteiger partial charge >= 0.3 is 6.61 Å². The molecule has 0 radical (unpaired) electrons. The van der Waals surface area contributed by atoms with Crippen LogP contribution in [0, 0.1) is 0 Å². The summed E-state index contributed by atoms with van der Waals surface area (Å²) < 4.78 is 28.8. The monoisotopic (exact) mass is 283 g/mol. The van der Waals surface area contributed by atoms with Crippen LogP contribution in [0.25, 0.3) is 0 Å². The summed E-state index contributed by atoms with van der Waals surface area (Å²) in [6.07, 6.45) is 0.201. The highest BCUT2D eigenvalue weighted by atomic mass is 32.1. The quantitative estimate of drug-likeness (QED) is 0.911. The average Bonchev–Trinajstić information content (AvgIpc) is 2.83. The molecule has 19 heavy (non-hydrogen) atoms. The van der Waals surface area contributed by atoms with Crippen LogP contribution in [0.2, 0.25) is 0 Å². The van der Waals surface area contributed by atoms with Crippen LogP contribution in [0.1, 0.15) is 5.56 Å². The fraction of sp³-hybridized carbons (Fsp3) is 0.154. The molecule has 6 heteroatoms. The van der Waals surface area contributed by atoms with Crippen LogP contribution in [-0.4, -0.2) is 12.5 Å². The van der Waals surface area contributed by atoms with Crippen molar-refractivity contribution >= 4 is 22.9 Å². The van der Waals surface area contributed by atoms with E-state index in [4.69, 9.17) is 0 Å². The maximum absolute atomic E-state index is 12.2. The van der Waals surface area contributed by atoms with E-state index in [1.165, 1.54) is 23.5 Å². The molecule has 0 spiro atoms. The Morgan fingerprint density at radius 2 is 2.11 bits per heavy atom. The summed E-state index contributed by atoms with van der Waals surface area (Å²) >= 11 is 1.50. The van der Waals surface area contributed by atoms with Gasteiger partial charge in [-0.25, -0.2) is 0 Å². The van der Waals surface area contributed by atoms with Crippen LogP contribution in [0.15, 0.2) is 41.1 Å². The molecule has 0 atom stereocenters. The first kappa shape index (κ1) is 13.5. The van der Waals surface area contributed by atoms with Crippen molar-refractivity contribution < 1.29 is 18.3 Å². The van der Waals surface area contributed by atoms with Crippen molar-refractivity contribution in [2.24, 2.45) is 0 Å². The van der Waals surface area contributed by atoms with E-state index in [9.17, 15) is 13.6 Å². The second kappa shape index (κ2) is 6.29. The van der Waals surface area contributed by atoms with Gasteiger partial charge in [-0.2, -0.15) is 20.1 Å². The van der Waals surface area contributed by atoms with Crippen molar-refractivity contribution in [2.45, 2.75) is 13.0 Å². The average molecular weight is 283 g/mol. The first-order valence-corrected chi connectivity index (χ1v) is 6.44. The van der Waals surface area contributed by atoms with Crippen LogP contribution in [-0.2, 0) is 11.2 Å². The first-order valence-electron chi connectivity index (χ1n) is 5.50. The van der Waals surface area contributed by atoms with Crippen LogP contribution < -0.4 is 10.1 Å². The molecular formula is C13H11F2NO2S. The Balaban J connectivity index is 2.04. The lowest BCUT2D eigenvalue weighted by atomic mass is 10.2. The number of para-hydroxylation sites is 2. The lowest BCUT2D eigenvalue weighted by Crippen LogP contribution is -2.15. The highest BCUT2D eigenvalue weighted by Crippen LogP contribution is 2.25. The molecule has 0 aliphatic rings. The Bertz CT molecular complexity index is 543. The van der Waals surface area contributed by atoms with E-state index in [2.05, 4.69) is 10.1 Å². The Labute approximate surface area is 112 Å². The third-order valence-corrected chi connectivity index (χ3v) is 3.05. The van der Waals surface area contributed by atoms with Gasteiger partial charge in [0, 0.05) is 0 Å². The smallest absolute Gasteiger partial charge is 0.387 e. The fourth-order valence-electron chi connectivity index (χ4n) is 1.54. The third kappa shape index (κ3) is 4.03. The Morgan fingerprint density at radius 1 is 1.32 bits per heavy atom. The molecule has 1 amide bonds. The molecule has 1 N–H and O–H groups in total. The van der Waals surface area contributed by atoms with Gasteiger partial charge < -0.3 is 10.1 Å². The Kier molecular flexibility index (Phi) is 4.46. The lowest BCUT2D eigenvalue weighted by Gasteiger charge is -2.11. The molecule has 0 aliphatic heterocycles. The van der Waals surface area contributed by atoms with Gasteiger partial charge in [-0.05, 0) is 34.5 Å². The number of nitrogens with one attached hydrogen (secondary N) is 1. The van der Waals surface area contributed by atoms with Gasteiger partial charge in [0.1, 0.15) is 5.75 Å². The number of hydrogen-bond acceptors (Lipinski definition) is 3. The predicted molar refractivity (Wildman–Crippen MR) is 69.7 cm³/mol. The summed E-state index contributed by atoms with van der Waals surface area (Å²) in [5.41, 5.74) is 1.12. The highest BCUT2D eigenvalue weighted by Gasteiger charge is 2.11. The molecule has 3 nitrogen and oxygen atoms in total. The molecule has 0 fully saturated rings. The standard InChI is InChI=1S/C13H11F2NO2S/c14-13(15)18-11-4-2-1-3-10(11)16-12(17)7-9-5-6-19-8-9/h1-6,8,13H,7H2,(H,16,17).